The highest BCUT2D eigenvalue weighted by atomic mass is 15.3. The van der Waals surface area contributed by atoms with E-state index >= 15 is 0 Å². The largest absolute Gasteiger partial charge is 0.327 e. The highest BCUT2D eigenvalue weighted by Crippen LogP contribution is 2.42. The molecule has 0 aromatic carbocycles. The van der Waals surface area contributed by atoms with Gasteiger partial charge < -0.3 is 5.73 Å². The van der Waals surface area contributed by atoms with Gasteiger partial charge in [0.25, 0.3) is 0 Å². The zero-order valence-corrected chi connectivity index (χ0v) is 11.2. The average molecular weight is 236 g/mol. The zero-order valence-electron chi connectivity index (χ0n) is 11.2. The highest BCUT2D eigenvalue weighted by Gasteiger charge is 2.36. The van der Waals surface area contributed by atoms with Crippen molar-refractivity contribution in [3.8, 4) is 0 Å². The Morgan fingerprint density at radius 1 is 1.53 bits per heavy atom. The molecule has 1 fully saturated rings. The topological polar surface area (TPSA) is 56.7 Å². The van der Waals surface area contributed by atoms with Crippen molar-refractivity contribution < 1.29 is 0 Å². The molecule has 1 aliphatic carbocycles. The first-order valence-electron chi connectivity index (χ1n) is 6.67. The van der Waals surface area contributed by atoms with Crippen LogP contribution < -0.4 is 5.73 Å². The molecule has 0 radical (unpaired) electrons. The summed E-state index contributed by atoms with van der Waals surface area (Å²) in [5, 5.41) is 4.31. The maximum absolute atomic E-state index is 6.28. The van der Waals surface area contributed by atoms with Gasteiger partial charge in [-0.3, -0.25) is 0 Å². The van der Waals surface area contributed by atoms with Crippen molar-refractivity contribution in [1.82, 2.24) is 14.8 Å². The molecule has 1 aliphatic rings. The Balaban J connectivity index is 2.21. The van der Waals surface area contributed by atoms with Crippen molar-refractivity contribution in [3.63, 3.8) is 0 Å². The fraction of sp³-hybridized carbons (Fsp3) is 0.846. The minimum atomic E-state index is 0.239. The van der Waals surface area contributed by atoms with Crippen LogP contribution in [0.25, 0.3) is 0 Å². The number of hydrogen-bond donors (Lipinski definition) is 1. The number of nitrogens with zero attached hydrogens (tertiary/aromatic N) is 3. The molecule has 96 valence electrons. The molecule has 2 rings (SSSR count). The number of aromatic nitrogens is 3. The maximum atomic E-state index is 6.28. The molecular weight excluding hydrogens is 212 g/mol. The van der Waals surface area contributed by atoms with Gasteiger partial charge in [-0.1, -0.05) is 20.8 Å². The van der Waals surface area contributed by atoms with Gasteiger partial charge in [0.05, 0.1) is 0 Å². The smallest absolute Gasteiger partial charge is 0.138 e. The van der Waals surface area contributed by atoms with Crippen LogP contribution in [-0.2, 0) is 6.54 Å². The van der Waals surface area contributed by atoms with Gasteiger partial charge in [0.2, 0.25) is 0 Å². The molecule has 2 unspecified atom stereocenters. The predicted molar refractivity (Wildman–Crippen MR) is 68.7 cm³/mol. The van der Waals surface area contributed by atoms with Gasteiger partial charge in [0.1, 0.15) is 12.2 Å². The lowest BCUT2D eigenvalue weighted by Gasteiger charge is -2.38. The van der Waals surface area contributed by atoms with E-state index in [-0.39, 0.29) is 6.04 Å². The summed E-state index contributed by atoms with van der Waals surface area (Å²) in [6.07, 6.45) is 6.18. The number of rotatable bonds is 3. The summed E-state index contributed by atoms with van der Waals surface area (Å²) >= 11 is 0. The van der Waals surface area contributed by atoms with Crippen molar-refractivity contribution >= 4 is 0 Å². The number of aryl methyl sites for hydroxylation is 1. The van der Waals surface area contributed by atoms with Crippen LogP contribution in [0.5, 0.6) is 0 Å². The number of hydrogen-bond acceptors (Lipinski definition) is 3. The molecule has 4 heteroatoms. The maximum Gasteiger partial charge on any atom is 0.138 e. The van der Waals surface area contributed by atoms with Crippen molar-refractivity contribution in [2.45, 2.75) is 65.0 Å². The zero-order chi connectivity index (χ0) is 12.5. The summed E-state index contributed by atoms with van der Waals surface area (Å²) in [5.41, 5.74) is 6.65. The van der Waals surface area contributed by atoms with E-state index in [1.807, 2.05) is 4.68 Å². The van der Waals surface area contributed by atoms with E-state index in [4.69, 9.17) is 5.73 Å². The molecular formula is C13H24N4. The van der Waals surface area contributed by atoms with Crippen LogP contribution in [0.15, 0.2) is 6.33 Å². The van der Waals surface area contributed by atoms with E-state index in [1.165, 1.54) is 6.42 Å². The van der Waals surface area contributed by atoms with Crippen LogP contribution in [0, 0.1) is 5.41 Å². The Kier molecular flexibility index (Phi) is 3.52. The van der Waals surface area contributed by atoms with Crippen LogP contribution >= 0.6 is 0 Å². The second-order valence-electron chi connectivity index (χ2n) is 6.02. The quantitative estimate of drug-likeness (QED) is 0.876. The highest BCUT2D eigenvalue weighted by molar-refractivity contribution is 5.05. The summed E-state index contributed by atoms with van der Waals surface area (Å²) in [6, 6.07) is 0.239. The van der Waals surface area contributed by atoms with E-state index < -0.39 is 0 Å². The Morgan fingerprint density at radius 3 is 3.00 bits per heavy atom. The lowest BCUT2D eigenvalue weighted by molar-refractivity contribution is 0.190. The summed E-state index contributed by atoms with van der Waals surface area (Å²) in [6.45, 7) is 7.76. The van der Waals surface area contributed by atoms with Crippen molar-refractivity contribution in [3.05, 3.63) is 12.2 Å². The summed E-state index contributed by atoms with van der Waals surface area (Å²) in [7, 11) is 0. The standard InChI is InChI=1S/C13H24N4/c1-4-7-17-12(15-9-16-17)10-8-13(2,3)6-5-11(10)14/h9-11H,4-8,14H2,1-3H3. The fourth-order valence-corrected chi connectivity index (χ4v) is 2.83. The SMILES string of the molecule is CCCn1ncnc1C1CC(C)(C)CCC1N. The summed E-state index contributed by atoms with van der Waals surface area (Å²) in [4.78, 5) is 4.45. The van der Waals surface area contributed by atoms with E-state index in [0.717, 1.165) is 31.6 Å². The van der Waals surface area contributed by atoms with Crippen LogP contribution in [-0.4, -0.2) is 20.8 Å². The summed E-state index contributed by atoms with van der Waals surface area (Å²) in [5.74, 6) is 1.46. The molecule has 4 nitrogen and oxygen atoms in total. The Bertz CT molecular complexity index is 369. The molecule has 0 spiro atoms. The van der Waals surface area contributed by atoms with Gasteiger partial charge >= 0.3 is 0 Å². The first-order chi connectivity index (χ1) is 8.03. The van der Waals surface area contributed by atoms with Crippen LogP contribution in [0.3, 0.4) is 0 Å². The van der Waals surface area contributed by atoms with Crippen molar-refractivity contribution in [2.75, 3.05) is 0 Å². The van der Waals surface area contributed by atoms with Gasteiger partial charge in [0, 0.05) is 18.5 Å². The molecule has 0 bridgehead atoms. The normalized spacial score (nSPS) is 28.2. The second-order valence-corrected chi connectivity index (χ2v) is 6.02. The van der Waals surface area contributed by atoms with Crippen LogP contribution in [0.4, 0.5) is 0 Å². The monoisotopic (exact) mass is 236 g/mol. The van der Waals surface area contributed by atoms with E-state index in [2.05, 4.69) is 30.9 Å². The Labute approximate surface area is 104 Å². The fourth-order valence-electron chi connectivity index (χ4n) is 2.83. The number of nitrogens with two attached hydrogens (primary N) is 1. The van der Waals surface area contributed by atoms with Crippen LogP contribution in [0.2, 0.25) is 0 Å². The van der Waals surface area contributed by atoms with E-state index in [0.29, 0.717) is 11.3 Å². The van der Waals surface area contributed by atoms with Crippen LogP contribution in [0.1, 0.15) is 58.2 Å². The third-order valence-electron chi connectivity index (χ3n) is 3.86. The van der Waals surface area contributed by atoms with E-state index in [9.17, 15) is 0 Å². The summed E-state index contributed by atoms with van der Waals surface area (Å²) < 4.78 is 2.03. The Hall–Kier alpha value is -0.900. The molecule has 1 saturated carbocycles. The average Bonchev–Trinajstić information content (AvgIpc) is 2.70. The minimum absolute atomic E-state index is 0.239. The molecule has 1 aromatic rings. The molecule has 1 heterocycles. The minimum Gasteiger partial charge on any atom is -0.327 e. The lowest BCUT2D eigenvalue weighted by atomic mass is 9.70. The molecule has 0 saturated heterocycles. The molecule has 2 N–H and O–H groups in total. The van der Waals surface area contributed by atoms with Crippen molar-refractivity contribution in [1.29, 1.82) is 0 Å². The Morgan fingerprint density at radius 2 is 2.29 bits per heavy atom. The van der Waals surface area contributed by atoms with Gasteiger partial charge in [0.15, 0.2) is 0 Å². The predicted octanol–water partition coefficient (Wildman–Crippen LogP) is 2.31. The van der Waals surface area contributed by atoms with Gasteiger partial charge in [-0.15, -0.1) is 0 Å². The molecule has 17 heavy (non-hydrogen) atoms. The third kappa shape index (κ3) is 2.68. The van der Waals surface area contributed by atoms with Crippen molar-refractivity contribution in [2.24, 2.45) is 11.1 Å². The first kappa shape index (κ1) is 12.6. The van der Waals surface area contributed by atoms with Gasteiger partial charge in [-0.2, -0.15) is 5.10 Å². The second kappa shape index (κ2) is 4.77. The molecule has 0 amide bonds. The molecule has 0 aliphatic heterocycles. The van der Waals surface area contributed by atoms with Gasteiger partial charge in [-0.25, -0.2) is 9.67 Å². The van der Waals surface area contributed by atoms with Gasteiger partial charge in [-0.05, 0) is 31.1 Å². The third-order valence-corrected chi connectivity index (χ3v) is 3.86. The first-order valence-corrected chi connectivity index (χ1v) is 6.67. The lowest BCUT2D eigenvalue weighted by Crippen LogP contribution is -2.39. The van der Waals surface area contributed by atoms with E-state index in [1.54, 1.807) is 6.33 Å². The molecule has 2 atom stereocenters. The molecule has 1 aromatic heterocycles.